The highest BCUT2D eigenvalue weighted by Gasteiger charge is 2.32. The lowest BCUT2D eigenvalue weighted by atomic mass is 10.0. The molecule has 3 aliphatic rings. The lowest BCUT2D eigenvalue weighted by Gasteiger charge is -2.29. The van der Waals surface area contributed by atoms with Gasteiger partial charge in [-0.15, -0.1) is 11.3 Å². The molecule has 0 atom stereocenters. The second-order valence-corrected chi connectivity index (χ2v) is 12.8. The van der Waals surface area contributed by atoms with Crippen molar-refractivity contribution in [1.82, 2.24) is 14.1 Å². The molecule has 0 unspecified atom stereocenters. The monoisotopic (exact) mass is 546 g/mol. The Bertz CT molecular complexity index is 1250. The van der Waals surface area contributed by atoms with Crippen LogP contribution in [0.1, 0.15) is 57.3 Å². The highest BCUT2D eigenvalue weighted by molar-refractivity contribution is 7.89. The molecular weight excluding hydrogens is 512 g/mol. The zero-order chi connectivity index (χ0) is 26.0. The molecule has 37 heavy (non-hydrogen) atoms. The Kier molecular flexibility index (Phi) is 7.96. The van der Waals surface area contributed by atoms with E-state index < -0.39 is 10.0 Å². The second kappa shape index (κ2) is 11.2. The van der Waals surface area contributed by atoms with Gasteiger partial charge in [0.05, 0.1) is 23.7 Å². The predicted octanol–water partition coefficient (Wildman–Crippen LogP) is 3.03. The van der Waals surface area contributed by atoms with E-state index in [0.717, 1.165) is 55.8 Å². The molecule has 1 N–H and O–H groups in total. The number of nitrogens with zero attached hydrogens (tertiary/aromatic N) is 3. The Morgan fingerprint density at radius 3 is 2.41 bits per heavy atom. The van der Waals surface area contributed by atoms with E-state index in [1.54, 1.807) is 4.90 Å². The first-order valence-electron chi connectivity index (χ1n) is 13.0. The molecule has 5 rings (SSSR count). The summed E-state index contributed by atoms with van der Waals surface area (Å²) in [6, 6.07) is 6.06. The first-order valence-corrected chi connectivity index (χ1v) is 15.3. The first-order chi connectivity index (χ1) is 17.9. The number of ether oxygens (including phenoxy) is 1. The molecule has 0 aliphatic carbocycles. The van der Waals surface area contributed by atoms with Crippen molar-refractivity contribution in [3.63, 3.8) is 0 Å². The lowest BCUT2D eigenvalue weighted by Crippen LogP contribution is -2.41. The summed E-state index contributed by atoms with van der Waals surface area (Å²) in [6.07, 6.45) is 3.57. The highest BCUT2D eigenvalue weighted by Crippen LogP contribution is 2.38. The van der Waals surface area contributed by atoms with Gasteiger partial charge in [0, 0.05) is 49.7 Å². The van der Waals surface area contributed by atoms with E-state index in [2.05, 4.69) is 17.1 Å². The number of nitrogens with one attached hydrogen (secondary N) is 1. The number of sulfonamides is 1. The Labute approximate surface area is 222 Å². The van der Waals surface area contributed by atoms with Gasteiger partial charge in [-0.2, -0.15) is 4.31 Å². The van der Waals surface area contributed by atoms with Gasteiger partial charge >= 0.3 is 0 Å². The Morgan fingerprint density at radius 2 is 1.73 bits per heavy atom. The third-order valence-electron chi connectivity index (χ3n) is 7.23. The van der Waals surface area contributed by atoms with Gasteiger partial charge < -0.3 is 15.0 Å². The molecule has 0 saturated carbocycles. The number of benzene rings is 1. The van der Waals surface area contributed by atoms with Crippen molar-refractivity contribution in [3.05, 3.63) is 45.8 Å². The van der Waals surface area contributed by atoms with Crippen LogP contribution in [0.2, 0.25) is 0 Å². The summed E-state index contributed by atoms with van der Waals surface area (Å²) in [5.41, 5.74) is 1.99. The van der Waals surface area contributed by atoms with Crippen LogP contribution in [0.3, 0.4) is 0 Å². The van der Waals surface area contributed by atoms with Gasteiger partial charge in [0.25, 0.3) is 11.8 Å². The van der Waals surface area contributed by atoms with Crippen molar-refractivity contribution in [2.75, 3.05) is 57.8 Å². The van der Waals surface area contributed by atoms with E-state index in [1.165, 1.54) is 39.9 Å². The molecule has 0 radical (unpaired) electrons. The maximum atomic E-state index is 13.6. The third kappa shape index (κ3) is 5.46. The summed E-state index contributed by atoms with van der Waals surface area (Å²) in [5, 5.41) is 3.55. The molecule has 2 amide bonds. The smallest absolute Gasteiger partial charge is 0.257 e. The molecule has 1 aromatic heterocycles. The van der Waals surface area contributed by atoms with Crippen LogP contribution in [0.5, 0.6) is 0 Å². The minimum absolute atomic E-state index is 0.0629. The fourth-order valence-electron chi connectivity index (χ4n) is 5.23. The van der Waals surface area contributed by atoms with Gasteiger partial charge in [0.2, 0.25) is 10.0 Å². The Morgan fingerprint density at radius 1 is 1.03 bits per heavy atom. The van der Waals surface area contributed by atoms with E-state index in [1.807, 2.05) is 0 Å². The van der Waals surface area contributed by atoms with Crippen molar-refractivity contribution in [1.29, 1.82) is 0 Å². The average Bonchev–Trinajstić information content (AvgIpc) is 3.58. The summed E-state index contributed by atoms with van der Waals surface area (Å²) in [4.78, 5) is 32.3. The maximum absolute atomic E-state index is 13.6. The number of carbonyl (C=O) groups excluding carboxylic acids is 2. The first kappa shape index (κ1) is 26.3. The minimum Gasteiger partial charge on any atom is -0.378 e. The summed E-state index contributed by atoms with van der Waals surface area (Å²) in [6.45, 7) is 7.97. The zero-order valence-electron chi connectivity index (χ0n) is 21.2. The zero-order valence-corrected chi connectivity index (χ0v) is 22.8. The van der Waals surface area contributed by atoms with Gasteiger partial charge in [-0.3, -0.25) is 14.5 Å². The van der Waals surface area contributed by atoms with Gasteiger partial charge in [-0.05, 0) is 62.1 Å². The van der Waals surface area contributed by atoms with Crippen molar-refractivity contribution in [3.8, 4) is 0 Å². The normalized spacial score (nSPS) is 19.1. The molecular formula is C26H34N4O5S2. The maximum Gasteiger partial charge on any atom is 0.257 e. The van der Waals surface area contributed by atoms with Gasteiger partial charge in [-0.25, -0.2) is 8.42 Å². The molecule has 2 fully saturated rings. The Balaban J connectivity index is 1.39. The summed E-state index contributed by atoms with van der Waals surface area (Å²) >= 11 is 1.48. The fourth-order valence-corrected chi connectivity index (χ4v) is 8.03. The van der Waals surface area contributed by atoms with Gasteiger partial charge in [0.1, 0.15) is 5.00 Å². The lowest BCUT2D eigenvalue weighted by molar-refractivity contribution is 0.0302. The molecule has 2 aromatic rings. The number of morpholine rings is 1. The van der Waals surface area contributed by atoms with Crippen LogP contribution in [0.15, 0.2) is 29.2 Å². The van der Waals surface area contributed by atoms with E-state index in [0.29, 0.717) is 55.5 Å². The van der Waals surface area contributed by atoms with Crippen LogP contribution in [0.4, 0.5) is 5.00 Å². The topological polar surface area (TPSA) is 99.3 Å². The molecule has 4 heterocycles. The number of hydrogen-bond donors (Lipinski definition) is 1. The van der Waals surface area contributed by atoms with Crippen LogP contribution in [0, 0.1) is 0 Å². The average molecular weight is 547 g/mol. The second-order valence-electron chi connectivity index (χ2n) is 9.73. The SMILES string of the molecule is CCCN1CCc2c(sc(NC(=O)c3ccc(S(=O)(=O)N4CCCC4)cc3)c2C(=O)N2CCOCC2)C1. The Hall–Kier alpha value is -2.31. The van der Waals surface area contributed by atoms with E-state index >= 15 is 0 Å². The number of anilines is 1. The van der Waals surface area contributed by atoms with E-state index in [-0.39, 0.29) is 16.7 Å². The number of carbonyl (C=O) groups is 2. The summed E-state index contributed by atoms with van der Waals surface area (Å²) < 4.78 is 32.6. The van der Waals surface area contributed by atoms with Crippen LogP contribution >= 0.6 is 11.3 Å². The number of fused-ring (bicyclic) bond motifs is 1. The molecule has 9 nitrogen and oxygen atoms in total. The van der Waals surface area contributed by atoms with Crippen molar-refractivity contribution in [2.45, 2.75) is 44.0 Å². The third-order valence-corrected chi connectivity index (χ3v) is 10.3. The number of thiophene rings is 1. The predicted molar refractivity (Wildman–Crippen MR) is 143 cm³/mol. The molecule has 0 bridgehead atoms. The molecule has 0 spiro atoms. The van der Waals surface area contributed by atoms with Crippen LogP contribution in [-0.2, 0) is 27.7 Å². The van der Waals surface area contributed by atoms with E-state index in [4.69, 9.17) is 4.74 Å². The van der Waals surface area contributed by atoms with Crippen LogP contribution < -0.4 is 5.32 Å². The van der Waals surface area contributed by atoms with Crippen LogP contribution in [-0.4, -0.2) is 86.8 Å². The van der Waals surface area contributed by atoms with Crippen LogP contribution in [0.25, 0.3) is 0 Å². The quantitative estimate of drug-likeness (QED) is 0.573. The fraction of sp³-hybridized carbons (Fsp3) is 0.538. The number of hydrogen-bond acceptors (Lipinski definition) is 7. The highest BCUT2D eigenvalue weighted by atomic mass is 32.2. The van der Waals surface area contributed by atoms with E-state index in [9.17, 15) is 18.0 Å². The largest absolute Gasteiger partial charge is 0.378 e. The molecule has 200 valence electrons. The molecule has 11 heteroatoms. The van der Waals surface area contributed by atoms with Gasteiger partial charge in [-0.1, -0.05) is 6.92 Å². The molecule has 3 aliphatic heterocycles. The van der Waals surface area contributed by atoms with Crippen molar-refractivity contribution < 1.29 is 22.7 Å². The summed E-state index contributed by atoms with van der Waals surface area (Å²) in [7, 11) is -3.54. The van der Waals surface area contributed by atoms with Crippen molar-refractivity contribution >= 4 is 38.2 Å². The van der Waals surface area contributed by atoms with Crippen molar-refractivity contribution in [2.24, 2.45) is 0 Å². The standard InChI is InChI=1S/C26H34N4O5S2/c1-2-10-28-13-9-21-22(18-28)36-25(23(21)26(32)29-14-16-35-17-15-29)27-24(31)19-5-7-20(8-6-19)37(33,34)30-11-3-4-12-30/h5-8H,2-4,9-18H2,1H3,(H,27,31). The van der Waals surface area contributed by atoms with Gasteiger partial charge in [0.15, 0.2) is 0 Å². The number of rotatable bonds is 7. The minimum atomic E-state index is -3.54. The molecule has 1 aromatic carbocycles. The number of amides is 2. The summed E-state index contributed by atoms with van der Waals surface area (Å²) in [5.74, 6) is -0.419. The molecule has 2 saturated heterocycles.